The first-order chi connectivity index (χ1) is 55.7. The molecule has 0 spiro atoms. The summed E-state index contributed by atoms with van der Waals surface area (Å²) in [7, 11) is 4.17. The van der Waals surface area contributed by atoms with E-state index in [4.69, 9.17) is 5.73 Å². The van der Waals surface area contributed by atoms with E-state index in [1.54, 1.807) is 19.1 Å². The maximum atomic E-state index is 13.8. The number of aromatic amines is 4. The van der Waals surface area contributed by atoms with Gasteiger partial charge in [-0.25, -0.2) is 44.1 Å². The third kappa shape index (κ3) is 17.7. The molecule has 0 saturated heterocycles. The van der Waals surface area contributed by atoms with E-state index in [1.165, 1.54) is 46.2 Å². The molecule has 0 amide bonds. The highest BCUT2D eigenvalue weighted by Gasteiger charge is 2.32. The van der Waals surface area contributed by atoms with E-state index in [-0.39, 0.29) is 46.1 Å². The fourth-order valence-electron chi connectivity index (χ4n) is 15.0. The van der Waals surface area contributed by atoms with Gasteiger partial charge in [-0.3, -0.25) is 24.2 Å². The zero-order valence-electron chi connectivity index (χ0n) is 67.2. The summed E-state index contributed by atoms with van der Waals surface area (Å²) in [6.45, 7) is 30.1. The molecule has 3 aromatic heterocycles. The first-order valence-electron chi connectivity index (χ1n) is 39.1. The maximum absolute atomic E-state index is 13.8. The van der Waals surface area contributed by atoms with Crippen LogP contribution in [0.25, 0.3) is 42.3 Å². The molecule has 0 bridgehead atoms. The van der Waals surface area contributed by atoms with E-state index in [1.807, 2.05) is 90.9 Å². The molecule has 17 rings (SSSR count). The molecule has 2 unspecified atom stereocenters. The van der Waals surface area contributed by atoms with Gasteiger partial charge in [-0.1, -0.05) is 123 Å². The van der Waals surface area contributed by atoms with Crippen molar-refractivity contribution in [1.82, 2.24) is 54.3 Å². The van der Waals surface area contributed by atoms with Gasteiger partial charge in [0.25, 0.3) is 22.2 Å². The lowest BCUT2D eigenvalue weighted by molar-refractivity contribution is 0.296. The quantitative estimate of drug-likeness (QED) is 0.0499. The van der Waals surface area contributed by atoms with E-state index < -0.39 is 11.2 Å². The average Bonchev–Trinajstić information content (AvgIpc) is 1.07. The molecule has 24 heteroatoms. The predicted molar refractivity (Wildman–Crippen MR) is 459 cm³/mol. The minimum absolute atomic E-state index is 0.140. The lowest BCUT2D eigenvalue weighted by Crippen LogP contribution is -2.47. The van der Waals surface area contributed by atoms with Crippen molar-refractivity contribution in [3.05, 3.63) is 320 Å². The van der Waals surface area contributed by atoms with E-state index in [0.717, 1.165) is 105 Å². The number of fused-ring (bicyclic) bond motifs is 8. The van der Waals surface area contributed by atoms with Crippen LogP contribution < -0.4 is 80.9 Å². The number of aryl methyl sites for hydroxylation is 11. The number of hydrogen-bond acceptors (Lipinski definition) is 18. The van der Waals surface area contributed by atoms with Crippen LogP contribution in [0, 0.1) is 61.2 Å². The Labute approximate surface area is 669 Å². The molecule has 8 aromatic carbocycles. The van der Waals surface area contributed by atoms with Crippen LogP contribution in [0.3, 0.4) is 0 Å². The summed E-state index contributed by atoms with van der Waals surface area (Å²) in [5.41, 5.74) is 27.1. The molecular formula is C92H95FN18O5. The van der Waals surface area contributed by atoms with Gasteiger partial charge in [0, 0.05) is 38.3 Å². The summed E-state index contributed by atoms with van der Waals surface area (Å²) in [6.07, 6.45) is 7.40. The van der Waals surface area contributed by atoms with Crippen molar-refractivity contribution in [2.75, 3.05) is 48.4 Å². The Hall–Kier alpha value is -13.1. The standard InChI is InChI=1S/C24H27N5O.C24H24N4O.C22H21FN4O2.C22H23N5O/c1-15-11-20-21(12-16(15)2)29(23-22(27-20)24(30)26-17(3)25-23)14-19(28(4)5)13-18-9-7-6-8-10-18;1-15-13-20-21(14-19(15)18-10-11-18)28(12-6-9-17-7-4-3-5-8-17)23-22(27-20)24(29)26-16(2)25-23;1-12-6-7-15(11-16(12)23)5-4-8-27-18-10-14(3)13(2)9-17(18)24-19-20(27)25-22(29)26-21(19)28;1-13-9-18-19(10-14(13)2)27(12-17(23)11-16-7-5-4-6-8-16)21-20(26-18)22(28)25-15(3)24-21/h6-12,19H,3,13-14H2,1-2,4-5H3,(H,26,30);3-5,7-8,13-14,18H,2,6,9-12H2,1H3,(H,26,29);6-7,9-11H,4-5,8H2,1-3H3,(H,26,28,29);4-10,17H,3,11-12,23H2,1-2H3,(H,25,28). The van der Waals surface area contributed by atoms with Crippen molar-refractivity contribution in [2.24, 2.45) is 20.7 Å². The third-order valence-corrected chi connectivity index (χ3v) is 21.9. The lowest BCUT2D eigenvalue weighted by atomic mass is 10.0. The van der Waals surface area contributed by atoms with Crippen LogP contribution in [0.1, 0.15) is 104 Å². The SMILES string of the molecule is C=c1nc2c(c(=O)[nH]1)=Nc1cc(C)c(C)cc1N2CC(Cc1ccccc1)N(C)C.C=c1nc2c(c(=O)[nH]1)=Nc1cc(C)c(C)cc1N2CC(N)Cc1ccccc1.C=c1nc2c(c(=O)[nH]1)=Nc1cc(C)c(C3CC3)cc1N2CCCc1ccccc1.Cc1cc2nc3c(=O)[nH]c(=O)nc-3n(CCCc3ccc(C)c(F)c3)c2cc1C. The first kappa shape index (κ1) is 79.6. The molecule has 6 aliphatic rings. The molecule has 5 aliphatic heterocycles. The molecule has 1 fully saturated rings. The van der Waals surface area contributed by atoms with Crippen molar-refractivity contribution in [2.45, 2.75) is 131 Å². The maximum Gasteiger partial charge on any atom is 0.349 e. The summed E-state index contributed by atoms with van der Waals surface area (Å²) in [5, 5.41) is 1.02. The van der Waals surface area contributed by atoms with Gasteiger partial charge >= 0.3 is 5.69 Å². The zero-order valence-corrected chi connectivity index (χ0v) is 67.2. The van der Waals surface area contributed by atoms with Gasteiger partial charge in [0.1, 0.15) is 22.3 Å². The molecule has 8 heterocycles. The number of likely N-dealkylation sites (N-methyl/N-ethyl adjacent to an activating group) is 1. The molecule has 590 valence electrons. The number of halogens is 1. The largest absolute Gasteiger partial charge is 0.349 e. The van der Waals surface area contributed by atoms with Gasteiger partial charge in [0.05, 0.1) is 45.2 Å². The normalized spacial score (nSPS) is 13.3. The second kappa shape index (κ2) is 33.9. The summed E-state index contributed by atoms with van der Waals surface area (Å²) in [6, 6.07) is 53.0. The molecule has 116 heavy (non-hydrogen) atoms. The predicted octanol–water partition coefficient (Wildman–Crippen LogP) is 10.8. The van der Waals surface area contributed by atoms with E-state index >= 15 is 0 Å². The highest BCUT2D eigenvalue weighted by molar-refractivity contribution is 5.82. The Bertz CT molecular complexity index is 6610. The van der Waals surface area contributed by atoms with Crippen LogP contribution in [-0.2, 0) is 32.2 Å². The number of anilines is 6. The summed E-state index contributed by atoms with van der Waals surface area (Å²) in [5.74, 6) is 2.40. The summed E-state index contributed by atoms with van der Waals surface area (Å²) in [4.78, 5) is 116. The number of nitrogens with two attached hydrogens (primary N) is 1. The average molecular weight is 1550 g/mol. The van der Waals surface area contributed by atoms with Crippen LogP contribution in [0.5, 0.6) is 0 Å². The highest BCUT2D eigenvalue weighted by Crippen LogP contribution is 2.47. The molecule has 11 aromatic rings. The second-order valence-corrected chi connectivity index (χ2v) is 30.9. The lowest BCUT2D eigenvalue weighted by Gasteiger charge is -2.34. The Balaban J connectivity index is 0.000000128. The number of hydrogen-bond donors (Lipinski definition) is 5. The molecule has 0 radical (unpaired) electrons. The van der Waals surface area contributed by atoms with Gasteiger partial charge in [-0.05, 0) is 254 Å². The fourth-order valence-corrected chi connectivity index (χ4v) is 15.0. The number of nitrogens with one attached hydrogen (secondary N) is 4. The van der Waals surface area contributed by atoms with E-state index in [2.05, 4.69) is 221 Å². The zero-order chi connectivity index (χ0) is 81.9. The Morgan fingerprint density at radius 1 is 0.466 bits per heavy atom. The Morgan fingerprint density at radius 2 is 0.922 bits per heavy atom. The van der Waals surface area contributed by atoms with Crippen molar-refractivity contribution in [3.63, 3.8) is 0 Å². The van der Waals surface area contributed by atoms with Crippen molar-refractivity contribution < 1.29 is 4.39 Å². The summed E-state index contributed by atoms with van der Waals surface area (Å²) < 4.78 is 15.7. The van der Waals surface area contributed by atoms with E-state index in [9.17, 15) is 28.4 Å². The smallest absolute Gasteiger partial charge is 0.326 e. The number of aromatic nitrogens is 10. The topological polar surface area (TPSA) is 294 Å². The Kier molecular flexibility index (Phi) is 23.3. The van der Waals surface area contributed by atoms with Gasteiger partial charge in [0.15, 0.2) is 45.0 Å². The van der Waals surface area contributed by atoms with E-state index in [0.29, 0.717) is 99.4 Å². The fraction of sp³-hybridized carbons (Fsp3) is 0.272. The van der Waals surface area contributed by atoms with Crippen molar-refractivity contribution in [1.29, 1.82) is 0 Å². The first-order valence-corrected chi connectivity index (χ1v) is 39.1. The van der Waals surface area contributed by atoms with Crippen LogP contribution in [-0.4, -0.2) is 100 Å². The molecule has 6 N–H and O–H groups in total. The number of rotatable bonds is 18. The van der Waals surface area contributed by atoms with Crippen LogP contribution in [0.15, 0.2) is 197 Å². The number of H-pyrrole nitrogens is 4. The summed E-state index contributed by atoms with van der Waals surface area (Å²) >= 11 is 0. The van der Waals surface area contributed by atoms with Crippen LogP contribution >= 0.6 is 0 Å². The van der Waals surface area contributed by atoms with Crippen LogP contribution in [0.2, 0.25) is 0 Å². The van der Waals surface area contributed by atoms with Crippen molar-refractivity contribution in [3.8, 4) is 11.5 Å². The monoisotopic (exact) mass is 1550 g/mol. The minimum atomic E-state index is -0.693. The highest BCUT2D eigenvalue weighted by atomic mass is 19.1. The molecule has 1 saturated carbocycles. The minimum Gasteiger partial charge on any atom is -0.326 e. The molecular weight excluding hydrogens is 1460 g/mol. The van der Waals surface area contributed by atoms with Gasteiger partial charge in [-0.2, -0.15) is 4.98 Å². The molecule has 1 aliphatic carbocycles. The van der Waals surface area contributed by atoms with Gasteiger partial charge in [-0.15, -0.1) is 0 Å². The number of benzene rings is 8. The third-order valence-electron chi connectivity index (χ3n) is 21.9. The van der Waals surface area contributed by atoms with Crippen molar-refractivity contribution >= 4 is 82.3 Å². The Morgan fingerprint density at radius 3 is 1.45 bits per heavy atom. The van der Waals surface area contributed by atoms with Gasteiger partial charge in [0.2, 0.25) is 0 Å². The second-order valence-electron chi connectivity index (χ2n) is 30.9. The molecule has 2 atom stereocenters. The number of nitrogens with zero attached hydrogens (tertiary/aromatic N) is 13. The van der Waals surface area contributed by atoms with Gasteiger partial charge < -0.3 is 44.9 Å². The molecule has 23 nitrogen and oxygen atoms in total. The van der Waals surface area contributed by atoms with Crippen LogP contribution in [0.4, 0.5) is 56.0 Å².